The van der Waals surface area contributed by atoms with Crippen LogP contribution in [-0.4, -0.2) is 20.7 Å². The molecular formula is C28H21Cl2F3N4OS. The lowest BCUT2D eigenvalue weighted by molar-refractivity contribution is -0.137. The van der Waals surface area contributed by atoms with Crippen LogP contribution in [0.15, 0.2) is 54.7 Å². The molecule has 1 saturated carbocycles. The molecule has 1 aromatic carbocycles. The van der Waals surface area contributed by atoms with Crippen molar-refractivity contribution in [3.63, 3.8) is 0 Å². The van der Waals surface area contributed by atoms with Crippen molar-refractivity contribution < 1.29 is 18.0 Å². The number of fused-ring (bicyclic) bond motifs is 1. The molecular weight excluding hydrogens is 568 g/mol. The lowest BCUT2D eigenvalue weighted by Crippen LogP contribution is -2.36. The average Bonchev–Trinajstić information content (AvgIpc) is 3.40. The van der Waals surface area contributed by atoms with Gasteiger partial charge in [0.25, 0.3) is 5.91 Å². The van der Waals surface area contributed by atoms with E-state index in [0.717, 1.165) is 53.1 Å². The Morgan fingerprint density at radius 3 is 2.56 bits per heavy atom. The number of halogens is 5. The second kappa shape index (κ2) is 9.80. The van der Waals surface area contributed by atoms with Gasteiger partial charge < -0.3 is 5.32 Å². The summed E-state index contributed by atoms with van der Waals surface area (Å²) >= 11 is 14.0. The van der Waals surface area contributed by atoms with Crippen LogP contribution in [0.2, 0.25) is 9.36 Å². The Hall–Kier alpha value is -3.14. The number of pyridine rings is 1. The van der Waals surface area contributed by atoms with Crippen LogP contribution in [-0.2, 0) is 18.1 Å². The number of hydrogen-bond acceptors (Lipinski definition) is 4. The molecule has 3 heterocycles. The van der Waals surface area contributed by atoms with Gasteiger partial charge in [-0.25, -0.2) is 4.68 Å². The van der Waals surface area contributed by atoms with Crippen molar-refractivity contribution in [2.45, 2.75) is 43.8 Å². The van der Waals surface area contributed by atoms with Crippen LogP contribution in [0.5, 0.6) is 0 Å². The number of nitrogens with one attached hydrogen (secondary N) is 1. The highest BCUT2D eigenvalue weighted by atomic mass is 35.5. The van der Waals surface area contributed by atoms with Crippen molar-refractivity contribution in [3.8, 4) is 5.69 Å². The molecule has 1 fully saturated rings. The quantitative estimate of drug-likeness (QED) is 0.257. The van der Waals surface area contributed by atoms with E-state index in [-0.39, 0.29) is 22.3 Å². The Morgan fingerprint density at radius 1 is 1.10 bits per heavy atom. The van der Waals surface area contributed by atoms with Crippen LogP contribution in [0.3, 0.4) is 0 Å². The fourth-order valence-corrected chi connectivity index (χ4v) is 6.30. The lowest BCUT2D eigenvalue weighted by atomic mass is 9.90. The Balaban J connectivity index is 1.47. The van der Waals surface area contributed by atoms with Gasteiger partial charge >= 0.3 is 6.18 Å². The highest BCUT2D eigenvalue weighted by Gasteiger charge is 2.48. The summed E-state index contributed by atoms with van der Waals surface area (Å²) < 4.78 is 42.2. The monoisotopic (exact) mass is 588 g/mol. The lowest BCUT2D eigenvalue weighted by Gasteiger charge is -2.19. The molecule has 2 aliphatic rings. The van der Waals surface area contributed by atoms with E-state index in [2.05, 4.69) is 15.4 Å². The topological polar surface area (TPSA) is 59.8 Å². The van der Waals surface area contributed by atoms with Crippen molar-refractivity contribution in [1.29, 1.82) is 0 Å². The zero-order valence-corrected chi connectivity index (χ0v) is 22.7. The Labute approximate surface area is 236 Å². The number of alkyl halides is 3. The molecule has 0 bridgehead atoms. The zero-order valence-electron chi connectivity index (χ0n) is 20.4. The van der Waals surface area contributed by atoms with Crippen LogP contribution < -0.4 is 5.32 Å². The van der Waals surface area contributed by atoms with Crippen molar-refractivity contribution in [3.05, 3.63) is 97.2 Å². The van der Waals surface area contributed by atoms with Crippen LogP contribution in [0, 0.1) is 0 Å². The van der Waals surface area contributed by atoms with E-state index in [1.54, 1.807) is 12.3 Å². The van der Waals surface area contributed by atoms with Gasteiger partial charge in [-0.05, 0) is 86.2 Å². The molecule has 6 rings (SSSR count). The predicted molar refractivity (Wildman–Crippen MR) is 146 cm³/mol. The number of hydrogen-bond donors (Lipinski definition) is 1. The van der Waals surface area contributed by atoms with Gasteiger partial charge in [0, 0.05) is 16.6 Å². The van der Waals surface area contributed by atoms with Crippen molar-refractivity contribution >= 4 is 52.1 Å². The summed E-state index contributed by atoms with van der Waals surface area (Å²) in [6, 6.07) is 12.4. The SMILES string of the molecule is O=C(NC1(c2ccccn2)CC1)c1nn(-c2ccc(C(F)(F)F)cc2Cl)c2c1CCC/C2=C\c1ccc(Cl)s1. The van der Waals surface area contributed by atoms with E-state index in [1.165, 1.54) is 22.1 Å². The highest BCUT2D eigenvalue weighted by molar-refractivity contribution is 7.17. The summed E-state index contributed by atoms with van der Waals surface area (Å²) in [6.07, 6.45) is 2.74. The molecule has 0 radical (unpaired) electrons. The van der Waals surface area contributed by atoms with E-state index in [1.807, 2.05) is 30.3 Å². The van der Waals surface area contributed by atoms with E-state index < -0.39 is 17.3 Å². The zero-order chi connectivity index (χ0) is 27.4. The fraction of sp³-hybridized carbons (Fsp3) is 0.250. The average molecular weight is 589 g/mol. The fourth-order valence-electron chi connectivity index (χ4n) is 5.01. The first-order valence-corrected chi connectivity index (χ1v) is 13.9. The second-order valence-corrected chi connectivity index (χ2v) is 11.8. The molecule has 1 N–H and O–H groups in total. The van der Waals surface area contributed by atoms with E-state index in [0.29, 0.717) is 22.9 Å². The van der Waals surface area contributed by atoms with Gasteiger partial charge in [-0.2, -0.15) is 18.3 Å². The molecule has 0 atom stereocenters. The molecule has 39 heavy (non-hydrogen) atoms. The predicted octanol–water partition coefficient (Wildman–Crippen LogP) is 7.95. The van der Waals surface area contributed by atoms with Crippen LogP contribution in [0.25, 0.3) is 17.3 Å². The third-order valence-corrected chi connectivity index (χ3v) is 8.53. The molecule has 0 unspecified atom stereocenters. The first-order chi connectivity index (χ1) is 18.6. The molecule has 0 saturated heterocycles. The number of benzene rings is 1. The number of nitrogens with zero attached hydrogens (tertiary/aromatic N) is 3. The maximum atomic E-state index is 13.7. The molecule has 4 aromatic rings. The van der Waals surface area contributed by atoms with E-state index in [9.17, 15) is 18.0 Å². The summed E-state index contributed by atoms with van der Waals surface area (Å²) in [5, 5.41) is 7.69. The molecule has 0 aliphatic heterocycles. The molecule has 1 amide bonds. The Bertz CT molecular complexity index is 1610. The standard InChI is InChI=1S/C28H21Cl2F3N4OS/c29-20-15-17(28(31,32)33)7-9-21(20)37-25-16(14-18-8-10-23(30)39-18)4-3-5-19(25)24(36-37)26(38)35-27(11-12-27)22-6-1-2-13-34-22/h1-2,6-10,13-15H,3-5,11-12H2,(H,35,38)/b16-14+. The summed E-state index contributed by atoms with van der Waals surface area (Å²) in [4.78, 5) is 19.1. The van der Waals surface area contributed by atoms with E-state index in [4.69, 9.17) is 23.2 Å². The van der Waals surface area contributed by atoms with Crippen LogP contribution in [0.4, 0.5) is 13.2 Å². The first kappa shape index (κ1) is 26.1. The number of aromatic nitrogens is 3. The smallest absolute Gasteiger partial charge is 0.340 e. The van der Waals surface area contributed by atoms with Gasteiger partial charge in [-0.1, -0.05) is 29.3 Å². The molecule has 0 spiro atoms. The Morgan fingerprint density at radius 2 is 1.92 bits per heavy atom. The summed E-state index contributed by atoms with van der Waals surface area (Å²) in [5.41, 5.74) is 2.18. The minimum atomic E-state index is -4.54. The van der Waals surface area contributed by atoms with Crippen molar-refractivity contribution in [2.24, 2.45) is 0 Å². The molecule has 5 nitrogen and oxygen atoms in total. The normalized spacial score (nSPS) is 17.2. The van der Waals surface area contributed by atoms with E-state index >= 15 is 0 Å². The molecule has 2 aliphatic carbocycles. The van der Waals surface area contributed by atoms with Gasteiger partial charge in [0.2, 0.25) is 0 Å². The number of carbonyl (C=O) groups excluding carboxylic acids is 1. The van der Waals surface area contributed by atoms with Gasteiger partial charge in [-0.3, -0.25) is 9.78 Å². The number of carbonyl (C=O) groups is 1. The first-order valence-electron chi connectivity index (χ1n) is 12.3. The van der Waals surface area contributed by atoms with Crippen molar-refractivity contribution in [1.82, 2.24) is 20.1 Å². The van der Waals surface area contributed by atoms with Gasteiger partial charge in [0.05, 0.1) is 37.5 Å². The summed E-state index contributed by atoms with van der Waals surface area (Å²) in [7, 11) is 0. The summed E-state index contributed by atoms with van der Waals surface area (Å²) in [6.45, 7) is 0. The van der Waals surface area contributed by atoms with Gasteiger partial charge in [-0.15, -0.1) is 11.3 Å². The largest absolute Gasteiger partial charge is 0.416 e. The maximum Gasteiger partial charge on any atom is 0.416 e. The Kier molecular flexibility index (Phi) is 6.56. The molecule has 200 valence electrons. The molecule has 11 heteroatoms. The van der Waals surface area contributed by atoms with Crippen LogP contribution >= 0.6 is 34.5 Å². The highest BCUT2D eigenvalue weighted by Crippen LogP contribution is 2.45. The second-order valence-electron chi connectivity index (χ2n) is 9.67. The number of amides is 1. The van der Waals surface area contributed by atoms with Crippen molar-refractivity contribution in [2.75, 3.05) is 0 Å². The third kappa shape index (κ3) is 4.99. The van der Waals surface area contributed by atoms with Gasteiger partial charge in [0.1, 0.15) is 0 Å². The minimum Gasteiger partial charge on any atom is -0.340 e. The number of rotatable bonds is 5. The number of thiophene rings is 1. The maximum absolute atomic E-state index is 13.7. The van der Waals surface area contributed by atoms with Crippen LogP contribution in [0.1, 0.15) is 63.6 Å². The summed E-state index contributed by atoms with van der Waals surface area (Å²) in [5.74, 6) is -0.350. The minimum absolute atomic E-state index is 0.113. The molecule has 3 aromatic heterocycles. The number of allylic oxidation sites excluding steroid dienone is 1. The van der Waals surface area contributed by atoms with Gasteiger partial charge in [0.15, 0.2) is 5.69 Å². The third-order valence-electron chi connectivity index (χ3n) is 7.05.